The summed E-state index contributed by atoms with van der Waals surface area (Å²) in [5.41, 5.74) is 0.511. The Morgan fingerprint density at radius 3 is 2.29 bits per heavy atom. The summed E-state index contributed by atoms with van der Waals surface area (Å²) in [6, 6.07) is 8.06. The van der Waals surface area contributed by atoms with Gasteiger partial charge in [0.1, 0.15) is 4.21 Å². The molecule has 12 heteroatoms. The molecule has 0 spiro atoms. The predicted octanol–water partition coefficient (Wildman–Crippen LogP) is 2.42. The minimum absolute atomic E-state index is 0.103. The third kappa shape index (κ3) is 6.31. The van der Waals surface area contributed by atoms with E-state index in [1.807, 2.05) is 0 Å². The van der Waals surface area contributed by atoms with Crippen molar-refractivity contribution in [1.29, 1.82) is 0 Å². The number of carboxylic acid groups (broad SMARTS) is 2. The summed E-state index contributed by atoms with van der Waals surface area (Å²) < 4.78 is 40.9. The maximum absolute atomic E-state index is 14.1. The van der Waals surface area contributed by atoms with Gasteiger partial charge in [0.15, 0.2) is 0 Å². The van der Waals surface area contributed by atoms with Crippen LogP contribution in [0.25, 0.3) is 11.1 Å². The van der Waals surface area contributed by atoms with Crippen LogP contribution in [0.4, 0.5) is 4.39 Å². The number of nitrogens with one attached hydrogen (secondary N) is 1. The SMILES string of the molecule is CNCc1cc(-c2cccnc2F)c(S(=O)(=O)n2cccc2)s1.O=C(O)/C=C/C(=O)O. The van der Waals surface area contributed by atoms with Crippen molar-refractivity contribution in [3.8, 4) is 11.1 Å². The number of carboxylic acids is 2. The van der Waals surface area contributed by atoms with Crippen LogP contribution in [0.5, 0.6) is 0 Å². The number of halogens is 1. The molecule has 3 N–H and O–H groups in total. The van der Waals surface area contributed by atoms with Gasteiger partial charge in [-0.25, -0.2) is 18.5 Å². The van der Waals surface area contributed by atoms with Crippen LogP contribution in [0, 0.1) is 5.95 Å². The Morgan fingerprint density at radius 1 is 1.16 bits per heavy atom. The Hall–Kier alpha value is -3.35. The van der Waals surface area contributed by atoms with Crippen molar-refractivity contribution in [2.24, 2.45) is 0 Å². The molecule has 0 saturated carbocycles. The maximum Gasteiger partial charge on any atom is 0.328 e. The largest absolute Gasteiger partial charge is 0.478 e. The fourth-order valence-corrected chi connectivity index (χ4v) is 5.38. The zero-order chi connectivity index (χ0) is 23.0. The third-order valence-electron chi connectivity index (χ3n) is 3.61. The van der Waals surface area contributed by atoms with Crippen LogP contribution in [-0.2, 0) is 26.2 Å². The van der Waals surface area contributed by atoms with Crippen molar-refractivity contribution in [3.63, 3.8) is 0 Å². The molecule has 0 atom stereocenters. The Bertz CT molecular complexity index is 1170. The minimum atomic E-state index is -3.78. The smallest absolute Gasteiger partial charge is 0.328 e. The first-order valence-electron chi connectivity index (χ1n) is 8.57. The zero-order valence-corrected chi connectivity index (χ0v) is 17.7. The molecule has 0 saturated heterocycles. The Morgan fingerprint density at radius 2 is 1.77 bits per heavy atom. The van der Waals surface area contributed by atoms with Gasteiger partial charge in [-0.1, -0.05) is 0 Å². The van der Waals surface area contributed by atoms with E-state index in [1.54, 1.807) is 31.3 Å². The third-order valence-corrected chi connectivity index (χ3v) is 6.91. The van der Waals surface area contributed by atoms with Crippen LogP contribution in [0.1, 0.15) is 4.88 Å². The molecule has 0 bridgehead atoms. The first-order valence-corrected chi connectivity index (χ1v) is 10.8. The molecule has 0 aliphatic rings. The summed E-state index contributed by atoms with van der Waals surface area (Å²) >= 11 is 1.13. The first kappa shape index (κ1) is 23.9. The van der Waals surface area contributed by atoms with Gasteiger partial charge in [0.05, 0.1) is 0 Å². The molecule has 3 aromatic heterocycles. The molecule has 0 amide bonds. The highest BCUT2D eigenvalue weighted by molar-refractivity contribution is 7.92. The van der Waals surface area contributed by atoms with Gasteiger partial charge >= 0.3 is 11.9 Å². The molecule has 9 nitrogen and oxygen atoms in total. The lowest BCUT2D eigenvalue weighted by atomic mass is 10.1. The second kappa shape index (κ2) is 10.6. The average molecular weight is 468 g/mol. The predicted molar refractivity (Wildman–Crippen MR) is 112 cm³/mol. The fourth-order valence-electron chi connectivity index (χ4n) is 2.37. The van der Waals surface area contributed by atoms with Crippen LogP contribution >= 0.6 is 11.3 Å². The van der Waals surface area contributed by atoms with Gasteiger partial charge in [-0.3, -0.25) is 0 Å². The van der Waals surface area contributed by atoms with E-state index < -0.39 is 27.9 Å². The van der Waals surface area contributed by atoms with Crippen molar-refractivity contribution in [2.75, 3.05) is 7.05 Å². The van der Waals surface area contributed by atoms with E-state index in [0.29, 0.717) is 24.3 Å². The summed E-state index contributed by atoms with van der Waals surface area (Å²) in [5, 5.41) is 18.6. The van der Waals surface area contributed by atoms with Crippen LogP contribution in [0.15, 0.2) is 65.3 Å². The Kier molecular flexibility index (Phi) is 8.19. The minimum Gasteiger partial charge on any atom is -0.478 e. The number of hydrogen-bond acceptors (Lipinski definition) is 7. The van der Waals surface area contributed by atoms with Gasteiger partial charge in [0.25, 0.3) is 10.0 Å². The van der Waals surface area contributed by atoms with Gasteiger partial charge < -0.3 is 15.5 Å². The van der Waals surface area contributed by atoms with Crippen molar-refractivity contribution in [1.82, 2.24) is 14.3 Å². The van der Waals surface area contributed by atoms with E-state index in [1.165, 1.54) is 24.7 Å². The average Bonchev–Trinajstić information content (AvgIpc) is 3.38. The molecule has 3 aromatic rings. The summed E-state index contributed by atoms with van der Waals surface area (Å²) in [6.45, 7) is 0.501. The summed E-state index contributed by atoms with van der Waals surface area (Å²) in [4.78, 5) is 23.5. The van der Waals surface area contributed by atoms with Crippen LogP contribution in [0.3, 0.4) is 0 Å². The molecule has 31 heavy (non-hydrogen) atoms. The van der Waals surface area contributed by atoms with Crippen LogP contribution in [-0.4, -0.2) is 46.6 Å². The van der Waals surface area contributed by atoms with Gasteiger partial charge in [-0.15, -0.1) is 11.3 Å². The quantitative estimate of drug-likeness (QED) is 0.356. The second-order valence-corrected chi connectivity index (χ2v) is 8.99. The highest BCUT2D eigenvalue weighted by atomic mass is 32.2. The maximum atomic E-state index is 14.1. The normalized spacial score (nSPS) is 11.2. The van der Waals surface area contributed by atoms with Gasteiger partial charge in [0.2, 0.25) is 5.95 Å². The lowest BCUT2D eigenvalue weighted by Gasteiger charge is -2.07. The Balaban J connectivity index is 0.000000366. The zero-order valence-electron chi connectivity index (χ0n) is 16.1. The molecule has 0 aromatic carbocycles. The van der Waals surface area contributed by atoms with Crippen molar-refractivity contribution in [3.05, 3.63) is 71.9 Å². The molecule has 0 radical (unpaired) electrons. The first-order chi connectivity index (χ1) is 14.7. The van der Waals surface area contributed by atoms with E-state index in [-0.39, 0.29) is 9.77 Å². The van der Waals surface area contributed by atoms with E-state index in [0.717, 1.165) is 20.2 Å². The van der Waals surface area contributed by atoms with E-state index in [4.69, 9.17) is 10.2 Å². The van der Waals surface area contributed by atoms with Gasteiger partial charge in [-0.05, 0) is 37.4 Å². The molecular weight excluding hydrogens is 449 g/mol. The highest BCUT2D eigenvalue weighted by Gasteiger charge is 2.26. The number of nitrogens with zero attached hydrogens (tertiary/aromatic N) is 2. The molecule has 0 unspecified atom stereocenters. The number of pyridine rings is 1. The summed E-state index contributed by atoms with van der Waals surface area (Å²) in [5.74, 6) is -3.20. The van der Waals surface area contributed by atoms with Gasteiger partial charge in [0, 0.05) is 53.3 Å². The number of thiophene rings is 1. The van der Waals surface area contributed by atoms with Crippen LogP contribution in [0.2, 0.25) is 0 Å². The number of hydrogen-bond donors (Lipinski definition) is 3. The molecule has 0 fully saturated rings. The number of aliphatic carboxylic acids is 2. The van der Waals surface area contributed by atoms with Crippen molar-refractivity contribution >= 4 is 33.3 Å². The van der Waals surface area contributed by atoms with Gasteiger partial charge in [-0.2, -0.15) is 12.8 Å². The van der Waals surface area contributed by atoms with Crippen LogP contribution < -0.4 is 5.32 Å². The number of rotatable bonds is 7. The molecule has 0 aliphatic carbocycles. The van der Waals surface area contributed by atoms with Crippen molar-refractivity contribution < 1.29 is 32.6 Å². The lowest BCUT2D eigenvalue weighted by molar-refractivity contribution is -0.134. The Labute approximate surface area is 181 Å². The number of carbonyl (C=O) groups is 2. The summed E-state index contributed by atoms with van der Waals surface area (Å²) in [6.07, 6.45) is 5.36. The summed E-state index contributed by atoms with van der Waals surface area (Å²) in [7, 11) is -2.01. The lowest BCUT2D eigenvalue weighted by Crippen LogP contribution is -2.10. The molecule has 0 aliphatic heterocycles. The van der Waals surface area contributed by atoms with Crippen molar-refractivity contribution in [2.45, 2.75) is 10.8 Å². The topological polar surface area (TPSA) is 139 Å². The molecule has 3 heterocycles. The second-order valence-electron chi connectivity index (χ2n) is 5.81. The number of aromatic nitrogens is 2. The molecule has 164 valence electrons. The van der Waals surface area contributed by atoms with E-state index >= 15 is 0 Å². The fraction of sp³-hybridized carbons (Fsp3) is 0.105. The standard InChI is InChI=1S/C15H14FN3O2S2.C4H4O4/c1-17-10-11-9-13(12-5-4-6-18-14(12)16)15(22-11)23(20,21)19-7-2-3-8-19;5-3(6)1-2-4(7)8/h2-9,17H,10H2,1H3;1-2H,(H,5,6)(H,7,8)/b;2-1+. The van der Waals surface area contributed by atoms with E-state index in [9.17, 15) is 22.4 Å². The highest BCUT2D eigenvalue weighted by Crippen LogP contribution is 2.37. The molecular formula is C19H18FN3O6S2. The monoisotopic (exact) mass is 467 g/mol. The molecule has 3 rings (SSSR count). The van der Waals surface area contributed by atoms with E-state index in [2.05, 4.69) is 10.3 Å².